The number of aryl methyl sites for hydroxylation is 1. The number of hydrogen-bond acceptors (Lipinski definition) is 8. The molecule has 0 saturated carbocycles. The molecule has 156 valence electrons. The van der Waals surface area contributed by atoms with Crippen molar-refractivity contribution < 1.29 is 23.6 Å². The summed E-state index contributed by atoms with van der Waals surface area (Å²) in [5.41, 5.74) is 1.80. The summed E-state index contributed by atoms with van der Waals surface area (Å²) in [4.78, 5) is 29.8. The fourth-order valence-corrected chi connectivity index (χ4v) is 3.23. The van der Waals surface area contributed by atoms with Gasteiger partial charge in [0.15, 0.2) is 11.5 Å². The van der Waals surface area contributed by atoms with E-state index in [4.69, 9.17) is 14.0 Å². The number of para-hydroxylation sites is 1. The maximum atomic E-state index is 12.8. The average Bonchev–Trinajstić information content (AvgIpc) is 3.42. The molecule has 0 aliphatic carbocycles. The van der Waals surface area contributed by atoms with Crippen molar-refractivity contribution in [3.05, 3.63) is 71.7 Å². The van der Waals surface area contributed by atoms with Crippen molar-refractivity contribution in [1.82, 2.24) is 19.9 Å². The summed E-state index contributed by atoms with van der Waals surface area (Å²) < 4.78 is 16.6. The van der Waals surface area contributed by atoms with Gasteiger partial charge in [-0.25, -0.2) is 14.3 Å². The fourth-order valence-electron chi connectivity index (χ4n) is 3.23. The molecule has 31 heavy (non-hydrogen) atoms. The Bertz CT molecular complexity index is 1260. The van der Waals surface area contributed by atoms with Gasteiger partial charge in [0.05, 0.1) is 19.9 Å². The van der Waals surface area contributed by atoms with Crippen LogP contribution in [0.4, 0.5) is 0 Å². The molecule has 0 N–H and O–H groups in total. The van der Waals surface area contributed by atoms with Crippen LogP contribution in [0.25, 0.3) is 28.4 Å². The summed E-state index contributed by atoms with van der Waals surface area (Å²) in [5, 5.41) is 8.44. The van der Waals surface area contributed by atoms with E-state index in [2.05, 4.69) is 15.2 Å². The van der Waals surface area contributed by atoms with Gasteiger partial charge in [-0.05, 0) is 25.1 Å². The first-order valence-electron chi connectivity index (χ1n) is 9.30. The van der Waals surface area contributed by atoms with Crippen LogP contribution in [0.2, 0.25) is 0 Å². The zero-order valence-corrected chi connectivity index (χ0v) is 17.0. The Hall–Kier alpha value is -4.27. The second-order valence-electron chi connectivity index (χ2n) is 6.50. The highest BCUT2D eigenvalue weighted by Gasteiger charge is 2.32. The molecule has 0 radical (unpaired) electrons. The molecule has 0 amide bonds. The molecule has 2 heterocycles. The van der Waals surface area contributed by atoms with E-state index in [0.29, 0.717) is 22.6 Å². The highest BCUT2D eigenvalue weighted by atomic mass is 16.5. The third kappa shape index (κ3) is 3.57. The van der Waals surface area contributed by atoms with E-state index in [0.717, 1.165) is 0 Å². The first-order chi connectivity index (χ1) is 15.0. The Kier molecular flexibility index (Phi) is 5.31. The van der Waals surface area contributed by atoms with Gasteiger partial charge in [-0.2, -0.15) is 10.1 Å². The van der Waals surface area contributed by atoms with E-state index in [1.54, 1.807) is 55.5 Å². The van der Waals surface area contributed by atoms with Gasteiger partial charge in [0, 0.05) is 11.1 Å². The standard InChI is InChI=1S/C22H18N4O5/c1-13-23-20(31-25-13)16-12-8-7-11-15(16)18-17(21(27)29-2)19(22(28)30-3)26(24-18)14-9-5-4-6-10-14/h4-12H,1-3H3. The number of esters is 2. The number of methoxy groups -OCH3 is 2. The van der Waals surface area contributed by atoms with Crippen molar-refractivity contribution in [3.8, 4) is 28.4 Å². The smallest absolute Gasteiger partial charge is 0.357 e. The van der Waals surface area contributed by atoms with Crippen LogP contribution < -0.4 is 0 Å². The number of carbonyl (C=O) groups is 2. The molecule has 2 aromatic carbocycles. The van der Waals surface area contributed by atoms with E-state index in [9.17, 15) is 9.59 Å². The van der Waals surface area contributed by atoms with Gasteiger partial charge in [-0.1, -0.05) is 41.6 Å². The van der Waals surface area contributed by atoms with E-state index in [-0.39, 0.29) is 22.8 Å². The molecular formula is C22H18N4O5. The minimum atomic E-state index is -0.728. The van der Waals surface area contributed by atoms with Crippen molar-refractivity contribution in [2.75, 3.05) is 14.2 Å². The number of ether oxygens (including phenoxy) is 2. The molecule has 0 atom stereocenters. The maximum absolute atomic E-state index is 12.8. The Morgan fingerprint density at radius 3 is 2.16 bits per heavy atom. The van der Waals surface area contributed by atoms with Gasteiger partial charge >= 0.3 is 11.9 Å². The number of carbonyl (C=O) groups excluding carboxylic acids is 2. The molecule has 0 fully saturated rings. The molecule has 0 unspecified atom stereocenters. The minimum absolute atomic E-state index is 0.0260. The highest BCUT2D eigenvalue weighted by Crippen LogP contribution is 2.35. The van der Waals surface area contributed by atoms with Gasteiger partial charge in [-0.3, -0.25) is 0 Å². The van der Waals surface area contributed by atoms with Crippen molar-refractivity contribution in [2.24, 2.45) is 0 Å². The predicted molar refractivity (Wildman–Crippen MR) is 110 cm³/mol. The van der Waals surface area contributed by atoms with Crippen LogP contribution in [0.5, 0.6) is 0 Å². The van der Waals surface area contributed by atoms with Gasteiger partial charge in [0.2, 0.25) is 0 Å². The van der Waals surface area contributed by atoms with Gasteiger partial charge in [-0.15, -0.1) is 0 Å². The second-order valence-corrected chi connectivity index (χ2v) is 6.50. The van der Waals surface area contributed by atoms with E-state index >= 15 is 0 Å². The average molecular weight is 418 g/mol. The summed E-state index contributed by atoms with van der Waals surface area (Å²) >= 11 is 0. The lowest BCUT2D eigenvalue weighted by Gasteiger charge is -2.07. The Morgan fingerprint density at radius 1 is 0.903 bits per heavy atom. The molecule has 2 aromatic heterocycles. The van der Waals surface area contributed by atoms with Crippen LogP contribution in [0.15, 0.2) is 59.1 Å². The largest absolute Gasteiger partial charge is 0.465 e. The molecular weight excluding hydrogens is 400 g/mol. The molecule has 4 rings (SSSR count). The van der Waals surface area contributed by atoms with Crippen molar-refractivity contribution in [3.63, 3.8) is 0 Å². The van der Waals surface area contributed by atoms with E-state index in [1.807, 2.05) is 6.07 Å². The summed E-state index contributed by atoms with van der Waals surface area (Å²) in [5.74, 6) is -0.732. The highest BCUT2D eigenvalue weighted by molar-refractivity contribution is 6.07. The monoisotopic (exact) mass is 418 g/mol. The topological polar surface area (TPSA) is 109 Å². The molecule has 0 spiro atoms. The van der Waals surface area contributed by atoms with Crippen molar-refractivity contribution in [2.45, 2.75) is 6.92 Å². The fraction of sp³-hybridized carbons (Fsp3) is 0.136. The molecule has 0 aliphatic rings. The SMILES string of the molecule is COC(=O)c1c(-c2ccccc2-c2nc(C)no2)nn(-c2ccccc2)c1C(=O)OC. The minimum Gasteiger partial charge on any atom is -0.465 e. The Balaban J connectivity index is 2.05. The maximum Gasteiger partial charge on any atom is 0.357 e. The lowest BCUT2D eigenvalue weighted by molar-refractivity contribution is 0.0549. The first-order valence-corrected chi connectivity index (χ1v) is 9.30. The van der Waals surface area contributed by atoms with Gasteiger partial charge in [0.25, 0.3) is 5.89 Å². The van der Waals surface area contributed by atoms with Crippen molar-refractivity contribution in [1.29, 1.82) is 0 Å². The Morgan fingerprint density at radius 2 is 1.55 bits per heavy atom. The second kappa shape index (κ2) is 8.23. The molecule has 9 heteroatoms. The van der Waals surface area contributed by atoms with Gasteiger partial charge < -0.3 is 14.0 Å². The summed E-state index contributed by atoms with van der Waals surface area (Å²) in [6.07, 6.45) is 0. The number of rotatable bonds is 5. The van der Waals surface area contributed by atoms with Crippen LogP contribution in [0.3, 0.4) is 0 Å². The number of benzene rings is 2. The molecule has 0 bridgehead atoms. The van der Waals surface area contributed by atoms with Crippen molar-refractivity contribution >= 4 is 11.9 Å². The zero-order valence-electron chi connectivity index (χ0n) is 17.0. The number of nitrogens with zero attached hydrogens (tertiary/aromatic N) is 4. The number of aromatic nitrogens is 4. The van der Waals surface area contributed by atoms with Crippen LogP contribution in [0.1, 0.15) is 26.7 Å². The third-order valence-electron chi connectivity index (χ3n) is 4.59. The quantitative estimate of drug-likeness (QED) is 0.453. The lowest BCUT2D eigenvalue weighted by atomic mass is 10.00. The molecule has 9 nitrogen and oxygen atoms in total. The van der Waals surface area contributed by atoms with E-state index < -0.39 is 11.9 Å². The normalized spacial score (nSPS) is 10.7. The van der Waals surface area contributed by atoms with Crippen LogP contribution in [-0.2, 0) is 9.47 Å². The number of hydrogen-bond donors (Lipinski definition) is 0. The van der Waals surface area contributed by atoms with E-state index in [1.165, 1.54) is 18.9 Å². The molecule has 4 aromatic rings. The summed E-state index contributed by atoms with van der Waals surface area (Å²) in [7, 11) is 2.47. The predicted octanol–water partition coefficient (Wildman–Crippen LogP) is 3.47. The van der Waals surface area contributed by atoms with Gasteiger partial charge in [0.1, 0.15) is 11.3 Å². The Labute approximate surface area is 177 Å². The molecule has 0 saturated heterocycles. The third-order valence-corrected chi connectivity index (χ3v) is 4.59. The van der Waals surface area contributed by atoms with Crippen LogP contribution in [0, 0.1) is 6.92 Å². The lowest BCUT2D eigenvalue weighted by Crippen LogP contribution is -2.15. The summed E-state index contributed by atoms with van der Waals surface area (Å²) in [6.45, 7) is 1.70. The zero-order chi connectivity index (χ0) is 22.0. The first kappa shape index (κ1) is 20.0. The summed E-state index contributed by atoms with van der Waals surface area (Å²) in [6, 6.07) is 16.0. The van der Waals surface area contributed by atoms with Crippen LogP contribution in [-0.4, -0.2) is 46.1 Å². The van der Waals surface area contributed by atoms with Crippen LogP contribution >= 0.6 is 0 Å². The molecule has 0 aliphatic heterocycles.